The third-order valence-electron chi connectivity index (χ3n) is 4.61. The van der Waals surface area contributed by atoms with E-state index in [1.54, 1.807) is 6.07 Å². The Morgan fingerprint density at radius 1 is 1.15 bits per heavy atom. The summed E-state index contributed by atoms with van der Waals surface area (Å²) in [5.74, 6) is 1.40. The molecule has 4 rings (SSSR count). The lowest BCUT2D eigenvalue weighted by atomic mass is 9.84. The summed E-state index contributed by atoms with van der Waals surface area (Å²) < 4.78 is 0. The molecule has 1 aliphatic carbocycles. The number of hydrogen-bond donors (Lipinski definition) is 0. The molecule has 2 saturated heterocycles. The van der Waals surface area contributed by atoms with Gasteiger partial charge >= 0.3 is 0 Å². The molecule has 1 aromatic carbocycles. The molecule has 5 heteroatoms. The van der Waals surface area contributed by atoms with Crippen molar-refractivity contribution >= 4 is 17.7 Å². The molecule has 0 atom stereocenters. The summed E-state index contributed by atoms with van der Waals surface area (Å²) >= 11 is 0. The van der Waals surface area contributed by atoms with E-state index in [9.17, 15) is 14.9 Å². The Labute approximate surface area is 117 Å². The molecule has 2 bridgehead atoms. The van der Waals surface area contributed by atoms with Crippen LogP contribution in [0, 0.1) is 22.0 Å². The van der Waals surface area contributed by atoms with Crippen molar-refractivity contribution < 1.29 is 9.72 Å². The number of nitrogens with zero attached hydrogens (tertiary/aromatic N) is 2. The molecule has 20 heavy (non-hydrogen) atoms. The Morgan fingerprint density at radius 2 is 1.75 bits per heavy atom. The fourth-order valence-corrected chi connectivity index (χ4v) is 3.53. The first-order valence-electron chi connectivity index (χ1n) is 7.16. The Hall–Kier alpha value is -1.91. The number of carbonyl (C=O) groups excluding carboxylic acids is 1. The molecule has 0 radical (unpaired) electrons. The highest BCUT2D eigenvalue weighted by Gasteiger charge is 2.30. The van der Waals surface area contributed by atoms with Crippen molar-refractivity contribution in [2.75, 3.05) is 18.0 Å². The van der Waals surface area contributed by atoms with E-state index in [4.69, 9.17) is 0 Å². The standard InChI is InChI=1S/C15H18N2O3/c18-10-13-7-14(17(19)20)5-6-15(13)16-8-11-1-2-12(9-16)4-3-11/h5-7,10-12H,1-4,8-9H2/t11-,12-. The minimum atomic E-state index is -0.455. The van der Waals surface area contributed by atoms with Gasteiger partial charge in [-0.2, -0.15) is 0 Å². The molecule has 0 unspecified atom stereocenters. The van der Waals surface area contributed by atoms with Gasteiger partial charge in [-0.05, 0) is 43.6 Å². The first-order valence-corrected chi connectivity index (χ1v) is 7.16. The summed E-state index contributed by atoms with van der Waals surface area (Å²) in [6.07, 6.45) is 5.80. The maximum atomic E-state index is 11.3. The number of rotatable bonds is 3. The third kappa shape index (κ3) is 2.40. The number of carbonyl (C=O) groups is 1. The van der Waals surface area contributed by atoms with Gasteiger partial charge in [-0.15, -0.1) is 0 Å². The van der Waals surface area contributed by atoms with Crippen molar-refractivity contribution in [1.29, 1.82) is 0 Å². The molecule has 3 aliphatic rings. The maximum Gasteiger partial charge on any atom is 0.270 e. The van der Waals surface area contributed by atoms with E-state index >= 15 is 0 Å². The summed E-state index contributed by atoms with van der Waals surface area (Å²) in [6.45, 7) is 1.93. The Kier molecular flexibility index (Phi) is 3.42. The van der Waals surface area contributed by atoms with E-state index in [-0.39, 0.29) is 5.69 Å². The fourth-order valence-electron chi connectivity index (χ4n) is 3.53. The second-order valence-electron chi connectivity index (χ2n) is 5.91. The number of aldehydes is 1. The van der Waals surface area contributed by atoms with E-state index in [1.807, 2.05) is 0 Å². The first kappa shape index (κ1) is 13.1. The van der Waals surface area contributed by atoms with E-state index in [2.05, 4.69) is 4.90 Å². The van der Waals surface area contributed by atoms with Gasteiger partial charge in [-0.1, -0.05) is 0 Å². The van der Waals surface area contributed by atoms with E-state index in [0.29, 0.717) is 17.4 Å². The highest BCUT2D eigenvalue weighted by atomic mass is 16.6. The van der Waals surface area contributed by atoms with Crippen LogP contribution in [0.2, 0.25) is 0 Å². The van der Waals surface area contributed by atoms with Crippen molar-refractivity contribution in [3.05, 3.63) is 33.9 Å². The van der Waals surface area contributed by atoms with Crippen LogP contribution in [0.4, 0.5) is 11.4 Å². The lowest BCUT2D eigenvalue weighted by Crippen LogP contribution is -2.29. The highest BCUT2D eigenvalue weighted by Crippen LogP contribution is 2.37. The largest absolute Gasteiger partial charge is 0.370 e. The molecular weight excluding hydrogens is 256 g/mol. The molecule has 3 fully saturated rings. The maximum absolute atomic E-state index is 11.3. The van der Waals surface area contributed by atoms with Crippen molar-refractivity contribution in [3.8, 4) is 0 Å². The number of nitro benzene ring substituents is 1. The zero-order valence-corrected chi connectivity index (χ0v) is 11.3. The monoisotopic (exact) mass is 274 g/mol. The van der Waals surface area contributed by atoms with Gasteiger partial charge in [0.15, 0.2) is 6.29 Å². The number of fused-ring (bicyclic) bond motifs is 4. The molecule has 0 aromatic heterocycles. The first-order chi connectivity index (χ1) is 9.67. The van der Waals surface area contributed by atoms with E-state index in [0.717, 1.165) is 25.1 Å². The van der Waals surface area contributed by atoms with Gasteiger partial charge in [0.1, 0.15) is 0 Å². The van der Waals surface area contributed by atoms with Crippen molar-refractivity contribution in [3.63, 3.8) is 0 Å². The fraction of sp³-hybridized carbons (Fsp3) is 0.533. The molecular formula is C15H18N2O3. The van der Waals surface area contributed by atoms with Crippen LogP contribution in [0.3, 0.4) is 0 Å². The predicted octanol–water partition coefficient (Wildman–Crippen LogP) is 3.03. The Balaban J connectivity index is 1.93. The third-order valence-corrected chi connectivity index (χ3v) is 4.61. The molecule has 2 aliphatic heterocycles. The van der Waals surface area contributed by atoms with Crippen LogP contribution in [-0.4, -0.2) is 24.3 Å². The topological polar surface area (TPSA) is 63.4 Å². The number of hydrogen-bond acceptors (Lipinski definition) is 4. The summed E-state index contributed by atoms with van der Waals surface area (Å²) in [5.41, 5.74) is 1.26. The summed E-state index contributed by atoms with van der Waals surface area (Å²) in [5, 5.41) is 10.8. The van der Waals surface area contributed by atoms with Gasteiger partial charge in [0.05, 0.1) is 4.92 Å². The zero-order valence-electron chi connectivity index (χ0n) is 11.3. The Morgan fingerprint density at radius 3 is 2.25 bits per heavy atom. The van der Waals surface area contributed by atoms with Gasteiger partial charge in [0.2, 0.25) is 0 Å². The number of anilines is 1. The van der Waals surface area contributed by atoms with Gasteiger partial charge in [-0.3, -0.25) is 14.9 Å². The van der Waals surface area contributed by atoms with Crippen LogP contribution >= 0.6 is 0 Å². The molecule has 106 valence electrons. The molecule has 5 nitrogen and oxygen atoms in total. The normalized spacial score (nSPS) is 25.3. The van der Waals surface area contributed by atoms with E-state index in [1.165, 1.54) is 37.8 Å². The van der Waals surface area contributed by atoms with Crippen LogP contribution in [0.1, 0.15) is 36.0 Å². The summed E-state index contributed by atoms with van der Waals surface area (Å²) in [6, 6.07) is 4.61. The number of nitro groups is 1. The summed E-state index contributed by atoms with van der Waals surface area (Å²) in [4.78, 5) is 23.9. The number of benzene rings is 1. The van der Waals surface area contributed by atoms with Crippen LogP contribution in [0.15, 0.2) is 18.2 Å². The molecule has 0 amide bonds. The van der Waals surface area contributed by atoms with Crippen LogP contribution < -0.4 is 4.90 Å². The second-order valence-corrected chi connectivity index (χ2v) is 5.91. The Bertz CT molecular complexity index is 522. The van der Waals surface area contributed by atoms with Crippen LogP contribution in [0.25, 0.3) is 0 Å². The average molecular weight is 274 g/mol. The van der Waals surface area contributed by atoms with Gasteiger partial charge < -0.3 is 4.90 Å². The quantitative estimate of drug-likeness (QED) is 0.483. The lowest BCUT2D eigenvalue weighted by molar-refractivity contribution is -0.384. The highest BCUT2D eigenvalue weighted by molar-refractivity contribution is 5.86. The molecule has 0 spiro atoms. The number of non-ortho nitro benzene ring substituents is 1. The van der Waals surface area contributed by atoms with Crippen LogP contribution in [0.5, 0.6) is 0 Å². The molecule has 1 saturated carbocycles. The van der Waals surface area contributed by atoms with Gasteiger partial charge in [0, 0.05) is 36.5 Å². The molecule has 1 aromatic rings. The second kappa shape index (κ2) is 5.23. The van der Waals surface area contributed by atoms with Crippen LogP contribution in [-0.2, 0) is 0 Å². The minimum absolute atomic E-state index is 0.0198. The minimum Gasteiger partial charge on any atom is -0.370 e. The van der Waals surface area contributed by atoms with Crippen molar-refractivity contribution in [1.82, 2.24) is 0 Å². The van der Waals surface area contributed by atoms with E-state index < -0.39 is 4.92 Å². The molecule has 0 N–H and O–H groups in total. The smallest absolute Gasteiger partial charge is 0.270 e. The zero-order chi connectivity index (χ0) is 14.1. The van der Waals surface area contributed by atoms with Crippen molar-refractivity contribution in [2.24, 2.45) is 11.8 Å². The lowest BCUT2D eigenvalue weighted by Gasteiger charge is -2.26. The van der Waals surface area contributed by atoms with Gasteiger partial charge in [0.25, 0.3) is 5.69 Å². The van der Waals surface area contributed by atoms with Gasteiger partial charge in [-0.25, -0.2) is 0 Å². The van der Waals surface area contributed by atoms with Crippen molar-refractivity contribution in [2.45, 2.75) is 25.7 Å². The summed E-state index contributed by atoms with van der Waals surface area (Å²) in [7, 11) is 0. The predicted molar refractivity (Wildman–Crippen MR) is 76.1 cm³/mol. The molecule has 2 heterocycles. The SMILES string of the molecule is O=Cc1cc([N+](=O)[O-])ccc1N1C[C@H]2CC[C@@H](CC2)C1. The average Bonchev–Trinajstić information content (AvgIpc) is 2.79.